The van der Waals surface area contributed by atoms with Gasteiger partial charge in [0.1, 0.15) is 11.3 Å². The minimum Gasteiger partial charge on any atom is -0.341 e. The molecule has 148 valence electrons. The number of rotatable bonds is 6. The summed E-state index contributed by atoms with van der Waals surface area (Å²) >= 11 is 1.45. The molecule has 0 saturated heterocycles. The van der Waals surface area contributed by atoms with Gasteiger partial charge in [0.25, 0.3) is 5.91 Å². The summed E-state index contributed by atoms with van der Waals surface area (Å²) < 4.78 is 0. The van der Waals surface area contributed by atoms with Gasteiger partial charge in [0, 0.05) is 11.6 Å². The second-order valence-corrected chi connectivity index (χ2v) is 7.56. The van der Waals surface area contributed by atoms with Gasteiger partial charge in [-0.15, -0.1) is 16.2 Å². The van der Waals surface area contributed by atoms with E-state index in [4.69, 9.17) is 0 Å². The number of hydrogen-bond donors (Lipinski definition) is 1. The van der Waals surface area contributed by atoms with E-state index in [1.807, 2.05) is 67.6 Å². The van der Waals surface area contributed by atoms with E-state index in [9.17, 15) is 9.70 Å². The molecule has 0 aliphatic heterocycles. The van der Waals surface area contributed by atoms with Gasteiger partial charge in [-0.3, -0.25) is 4.79 Å². The summed E-state index contributed by atoms with van der Waals surface area (Å²) in [4.78, 5) is 37.1. The van der Waals surface area contributed by atoms with Crippen LogP contribution in [0.2, 0.25) is 0 Å². The predicted molar refractivity (Wildman–Crippen MR) is 116 cm³/mol. The van der Waals surface area contributed by atoms with Gasteiger partial charge in [0.15, 0.2) is 5.82 Å². The van der Waals surface area contributed by atoms with Crippen LogP contribution in [0.4, 0.5) is 5.82 Å². The lowest BCUT2D eigenvalue weighted by atomic mass is 9.98. The average molecular weight is 415 g/mol. The minimum atomic E-state index is -0.483. The van der Waals surface area contributed by atoms with Crippen LogP contribution in [0.1, 0.15) is 32.5 Å². The number of carbonyl (C=O) groups is 1. The molecule has 0 aliphatic carbocycles. The number of benzene rings is 2. The molecule has 0 unspecified atom stereocenters. The lowest BCUT2D eigenvalue weighted by Gasteiger charge is -2.20. The molecule has 1 amide bonds. The second-order valence-electron chi connectivity index (χ2n) is 6.50. The van der Waals surface area contributed by atoms with Gasteiger partial charge < -0.3 is 5.32 Å². The third kappa shape index (κ3) is 4.13. The zero-order valence-corrected chi connectivity index (χ0v) is 16.8. The van der Waals surface area contributed by atoms with Crippen LogP contribution in [0, 0.1) is 11.8 Å². The van der Waals surface area contributed by atoms with Crippen molar-refractivity contribution in [1.29, 1.82) is 0 Å². The molecule has 2 heterocycles. The van der Waals surface area contributed by atoms with Crippen molar-refractivity contribution in [1.82, 2.24) is 20.3 Å². The lowest BCUT2D eigenvalue weighted by Crippen LogP contribution is -2.29. The topological polar surface area (TPSA) is 97.2 Å². The van der Waals surface area contributed by atoms with Crippen molar-refractivity contribution in [3.05, 3.63) is 98.8 Å². The fraction of sp³-hybridized carbons (Fsp3) is 0.0909. The van der Waals surface area contributed by atoms with Crippen LogP contribution in [-0.4, -0.2) is 20.9 Å². The van der Waals surface area contributed by atoms with Crippen LogP contribution in [0.25, 0.3) is 11.5 Å². The van der Waals surface area contributed by atoms with Crippen LogP contribution >= 0.6 is 11.3 Å². The molecule has 0 aliphatic rings. The molecule has 0 atom stereocenters. The van der Waals surface area contributed by atoms with E-state index in [0.29, 0.717) is 5.69 Å². The summed E-state index contributed by atoms with van der Waals surface area (Å²) in [5.74, 6) is -0.445. The van der Waals surface area contributed by atoms with Gasteiger partial charge in [0.05, 0.1) is 11.0 Å². The van der Waals surface area contributed by atoms with Crippen LogP contribution in [-0.2, 0) is 0 Å². The molecule has 8 heteroatoms. The van der Waals surface area contributed by atoms with Crippen molar-refractivity contribution >= 4 is 23.1 Å². The molecule has 0 fully saturated rings. The van der Waals surface area contributed by atoms with Crippen LogP contribution in [0.5, 0.6) is 0 Å². The Balaban J connectivity index is 1.66. The molecular weight excluding hydrogens is 398 g/mol. The van der Waals surface area contributed by atoms with Crippen LogP contribution in [0.15, 0.2) is 77.4 Å². The van der Waals surface area contributed by atoms with Gasteiger partial charge in [-0.1, -0.05) is 60.7 Å². The summed E-state index contributed by atoms with van der Waals surface area (Å²) in [5.41, 5.74) is 2.37. The standard InChI is InChI=1S/C22H17N5O2S/c1-14-24-18(13-30-14)21-23-12-17(20(26-21)27-29)22(28)25-19(15-8-4-2-5-9-15)16-10-6-3-7-11-16/h2-13,19H,1H3,(H,25,28). The van der Waals surface area contributed by atoms with E-state index in [1.165, 1.54) is 17.5 Å². The van der Waals surface area contributed by atoms with E-state index < -0.39 is 11.9 Å². The quantitative estimate of drug-likeness (QED) is 0.455. The number of hydrogen-bond acceptors (Lipinski definition) is 7. The first kappa shape index (κ1) is 19.5. The number of nitroso groups, excluding NO2 is 1. The van der Waals surface area contributed by atoms with E-state index in [2.05, 4.69) is 25.4 Å². The zero-order chi connectivity index (χ0) is 20.9. The van der Waals surface area contributed by atoms with Crippen molar-refractivity contribution < 1.29 is 4.79 Å². The average Bonchev–Trinajstić information content (AvgIpc) is 3.24. The first-order valence-corrected chi connectivity index (χ1v) is 10.1. The summed E-state index contributed by atoms with van der Waals surface area (Å²) in [6.07, 6.45) is 1.32. The van der Waals surface area contributed by atoms with E-state index >= 15 is 0 Å². The summed E-state index contributed by atoms with van der Waals surface area (Å²) in [6, 6.07) is 18.8. The third-order valence-electron chi connectivity index (χ3n) is 4.49. The first-order chi connectivity index (χ1) is 14.7. The van der Waals surface area contributed by atoms with Gasteiger partial charge in [-0.05, 0) is 23.2 Å². The molecule has 2 aromatic carbocycles. The van der Waals surface area contributed by atoms with Gasteiger partial charge in [-0.2, -0.15) is 0 Å². The van der Waals surface area contributed by atoms with E-state index in [-0.39, 0.29) is 17.2 Å². The maximum absolute atomic E-state index is 13.0. The Kier molecular flexibility index (Phi) is 5.67. The molecule has 4 aromatic rings. The normalized spacial score (nSPS) is 10.7. The van der Waals surface area contributed by atoms with E-state index in [1.54, 1.807) is 5.38 Å². The van der Waals surface area contributed by atoms with Crippen LogP contribution in [0.3, 0.4) is 0 Å². The molecule has 0 radical (unpaired) electrons. The van der Waals surface area contributed by atoms with Crippen molar-refractivity contribution in [2.45, 2.75) is 13.0 Å². The number of carbonyl (C=O) groups excluding carboxylic acids is 1. The molecule has 0 bridgehead atoms. The van der Waals surface area contributed by atoms with Crippen molar-refractivity contribution in [2.24, 2.45) is 5.18 Å². The van der Waals surface area contributed by atoms with Crippen molar-refractivity contribution in [2.75, 3.05) is 0 Å². The molecule has 1 N–H and O–H groups in total. The smallest absolute Gasteiger partial charge is 0.257 e. The summed E-state index contributed by atoms with van der Waals surface area (Å²) in [5, 5.41) is 8.57. The Morgan fingerprint density at radius 3 is 2.17 bits per heavy atom. The maximum atomic E-state index is 13.0. The number of aryl methyl sites for hydroxylation is 1. The highest BCUT2D eigenvalue weighted by molar-refractivity contribution is 7.09. The minimum absolute atomic E-state index is 0.0116. The first-order valence-electron chi connectivity index (χ1n) is 9.19. The molecule has 7 nitrogen and oxygen atoms in total. The third-order valence-corrected chi connectivity index (χ3v) is 5.26. The maximum Gasteiger partial charge on any atom is 0.257 e. The van der Waals surface area contributed by atoms with Crippen molar-refractivity contribution in [3.8, 4) is 11.5 Å². The molecule has 2 aromatic heterocycles. The Morgan fingerprint density at radius 1 is 1.00 bits per heavy atom. The number of nitrogens with one attached hydrogen (secondary N) is 1. The molecule has 0 saturated carbocycles. The lowest BCUT2D eigenvalue weighted by molar-refractivity contribution is 0.0943. The zero-order valence-electron chi connectivity index (χ0n) is 16.0. The van der Waals surface area contributed by atoms with E-state index in [0.717, 1.165) is 16.1 Å². The predicted octanol–water partition coefficient (Wildman–Crippen LogP) is 4.83. The second kappa shape index (κ2) is 8.71. The van der Waals surface area contributed by atoms with Crippen LogP contribution < -0.4 is 5.32 Å². The summed E-state index contributed by atoms with van der Waals surface area (Å²) in [6.45, 7) is 1.86. The molecule has 4 rings (SSSR count). The highest BCUT2D eigenvalue weighted by Crippen LogP contribution is 2.25. The summed E-state index contributed by atoms with van der Waals surface area (Å²) in [7, 11) is 0. The monoisotopic (exact) mass is 415 g/mol. The number of thiazole rings is 1. The van der Waals surface area contributed by atoms with Gasteiger partial charge in [0.2, 0.25) is 5.82 Å². The largest absolute Gasteiger partial charge is 0.341 e. The number of amides is 1. The highest BCUT2D eigenvalue weighted by Gasteiger charge is 2.22. The Hall–Kier alpha value is -3.78. The highest BCUT2D eigenvalue weighted by atomic mass is 32.1. The Bertz CT molecular complexity index is 1140. The Morgan fingerprint density at radius 2 is 1.63 bits per heavy atom. The Labute approximate surface area is 176 Å². The van der Waals surface area contributed by atoms with Gasteiger partial charge >= 0.3 is 0 Å². The molecule has 30 heavy (non-hydrogen) atoms. The number of nitrogens with zero attached hydrogens (tertiary/aromatic N) is 4. The molecular formula is C22H17N5O2S. The number of aromatic nitrogens is 3. The fourth-order valence-corrected chi connectivity index (χ4v) is 3.64. The fourth-order valence-electron chi connectivity index (χ4n) is 3.05. The SMILES string of the molecule is Cc1nc(-c2ncc(C(=O)NC(c3ccccc3)c3ccccc3)c(N=O)n2)cs1. The van der Waals surface area contributed by atoms with Gasteiger partial charge in [-0.25, -0.2) is 15.0 Å². The van der Waals surface area contributed by atoms with Crippen molar-refractivity contribution in [3.63, 3.8) is 0 Å². The molecule has 0 spiro atoms.